The summed E-state index contributed by atoms with van der Waals surface area (Å²) in [4.78, 5) is 4.52. The van der Waals surface area contributed by atoms with Gasteiger partial charge < -0.3 is 24.2 Å². The van der Waals surface area contributed by atoms with Gasteiger partial charge in [-0.2, -0.15) is 0 Å². The fraction of sp³-hybridized carbons (Fsp3) is 0.400. The summed E-state index contributed by atoms with van der Waals surface area (Å²) in [6.07, 6.45) is 0. The van der Waals surface area contributed by atoms with Gasteiger partial charge in [-0.25, -0.2) is 0 Å². The molecule has 1 saturated heterocycles. The minimum Gasteiger partial charge on any atom is -0.507 e. The van der Waals surface area contributed by atoms with Crippen LogP contribution in [0.2, 0.25) is 0 Å². The molecule has 0 unspecified atom stereocenters. The molecule has 0 aliphatic carbocycles. The number of aromatic hydroxyl groups is 1. The van der Waals surface area contributed by atoms with Crippen LogP contribution in [0.15, 0.2) is 36.4 Å². The van der Waals surface area contributed by atoms with Crippen LogP contribution in [0, 0.1) is 0 Å². The Morgan fingerprint density at radius 1 is 1.00 bits per heavy atom. The van der Waals surface area contributed by atoms with Gasteiger partial charge in [0.15, 0.2) is 11.5 Å². The number of hydrogen-bond acceptors (Lipinski definition) is 6. The van der Waals surface area contributed by atoms with E-state index in [1.807, 2.05) is 13.1 Å². The Hall–Kier alpha value is -2.44. The Morgan fingerprint density at radius 2 is 1.69 bits per heavy atom. The highest BCUT2D eigenvalue weighted by molar-refractivity contribution is 5.51. The van der Waals surface area contributed by atoms with Gasteiger partial charge in [-0.15, -0.1) is 0 Å². The molecule has 2 heterocycles. The number of ether oxygens (including phenoxy) is 3. The standard InChI is InChI=1S/C20H24N2O4/c1-21(13-16-10-19-20(11-18(16)23)26-14-25-19)12-15-2-4-17(5-3-15)22-6-8-24-9-7-22/h2-5,10-11,23H,6-9,12-14H2,1H3. The molecular formula is C20H24N2O4. The Morgan fingerprint density at radius 3 is 2.42 bits per heavy atom. The van der Waals surface area contributed by atoms with Crippen molar-refractivity contribution in [2.75, 3.05) is 45.0 Å². The molecule has 0 radical (unpaired) electrons. The van der Waals surface area contributed by atoms with Crippen LogP contribution in [-0.4, -0.2) is 50.2 Å². The molecule has 6 heteroatoms. The second kappa shape index (κ2) is 7.43. The zero-order valence-electron chi connectivity index (χ0n) is 15.0. The average molecular weight is 356 g/mol. The lowest BCUT2D eigenvalue weighted by Gasteiger charge is -2.29. The number of benzene rings is 2. The number of phenolic OH excluding ortho intramolecular Hbond substituents is 1. The monoisotopic (exact) mass is 356 g/mol. The molecule has 1 N–H and O–H groups in total. The molecule has 138 valence electrons. The van der Waals surface area contributed by atoms with E-state index in [-0.39, 0.29) is 12.5 Å². The molecular weight excluding hydrogens is 332 g/mol. The number of hydrogen-bond donors (Lipinski definition) is 1. The van der Waals surface area contributed by atoms with Crippen LogP contribution < -0.4 is 14.4 Å². The fourth-order valence-corrected chi connectivity index (χ4v) is 3.39. The summed E-state index contributed by atoms with van der Waals surface area (Å²) in [6, 6.07) is 12.2. The van der Waals surface area contributed by atoms with Crippen molar-refractivity contribution < 1.29 is 19.3 Å². The Labute approximate surface area is 153 Å². The molecule has 6 nitrogen and oxygen atoms in total. The molecule has 1 fully saturated rings. The van der Waals surface area contributed by atoms with Crippen molar-refractivity contribution in [1.82, 2.24) is 4.90 Å². The third kappa shape index (κ3) is 3.71. The molecule has 0 bridgehead atoms. The summed E-state index contributed by atoms with van der Waals surface area (Å²) < 4.78 is 16.1. The van der Waals surface area contributed by atoms with Crippen LogP contribution in [0.4, 0.5) is 5.69 Å². The lowest BCUT2D eigenvalue weighted by atomic mass is 10.1. The van der Waals surface area contributed by atoms with Gasteiger partial charge in [-0.3, -0.25) is 4.90 Å². The number of fused-ring (bicyclic) bond motifs is 1. The number of phenols is 1. The van der Waals surface area contributed by atoms with Crippen molar-refractivity contribution in [2.45, 2.75) is 13.1 Å². The molecule has 26 heavy (non-hydrogen) atoms. The van der Waals surface area contributed by atoms with Gasteiger partial charge in [0.25, 0.3) is 0 Å². The van der Waals surface area contributed by atoms with Crippen LogP contribution >= 0.6 is 0 Å². The molecule has 2 aromatic rings. The topological polar surface area (TPSA) is 54.4 Å². The molecule has 0 amide bonds. The molecule has 0 aromatic heterocycles. The smallest absolute Gasteiger partial charge is 0.231 e. The first-order chi connectivity index (χ1) is 12.7. The number of anilines is 1. The van der Waals surface area contributed by atoms with E-state index in [9.17, 15) is 5.11 Å². The third-order valence-corrected chi connectivity index (χ3v) is 4.78. The van der Waals surface area contributed by atoms with E-state index in [4.69, 9.17) is 14.2 Å². The van der Waals surface area contributed by atoms with Gasteiger partial charge in [0.2, 0.25) is 6.79 Å². The summed E-state index contributed by atoms with van der Waals surface area (Å²) in [5.41, 5.74) is 3.32. The SMILES string of the molecule is CN(Cc1ccc(N2CCOCC2)cc1)Cc1cc2c(cc1O)OCO2. The van der Waals surface area contributed by atoms with Gasteiger partial charge >= 0.3 is 0 Å². The molecule has 2 aliphatic rings. The van der Waals surface area contributed by atoms with E-state index in [0.717, 1.165) is 38.4 Å². The summed E-state index contributed by atoms with van der Waals surface area (Å²) in [6.45, 7) is 5.13. The second-order valence-electron chi connectivity index (χ2n) is 6.77. The quantitative estimate of drug-likeness (QED) is 0.889. The molecule has 0 saturated carbocycles. The molecule has 0 atom stereocenters. The number of nitrogens with zero attached hydrogens (tertiary/aromatic N) is 2. The summed E-state index contributed by atoms with van der Waals surface area (Å²) in [5.74, 6) is 1.54. The molecule has 2 aliphatic heterocycles. The van der Waals surface area contributed by atoms with Crippen LogP contribution in [0.5, 0.6) is 17.2 Å². The van der Waals surface area contributed by atoms with E-state index in [1.54, 1.807) is 6.07 Å². The summed E-state index contributed by atoms with van der Waals surface area (Å²) in [5, 5.41) is 10.2. The lowest BCUT2D eigenvalue weighted by molar-refractivity contribution is 0.122. The normalized spacial score (nSPS) is 16.3. The minimum absolute atomic E-state index is 0.212. The van der Waals surface area contributed by atoms with E-state index < -0.39 is 0 Å². The first kappa shape index (κ1) is 17.0. The van der Waals surface area contributed by atoms with Crippen LogP contribution in [0.3, 0.4) is 0 Å². The van der Waals surface area contributed by atoms with E-state index in [0.29, 0.717) is 18.0 Å². The highest BCUT2D eigenvalue weighted by Gasteiger charge is 2.18. The highest BCUT2D eigenvalue weighted by atomic mass is 16.7. The Balaban J connectivity index is 1.38. The van der Waals surface area contributed by atoms with E-state index in [1.165, 1.54) is 11.3 Å². The van der Waals surface area contributed by atoms with Gasteiger partial charge in [-0.05, 0) is 30.8 Å². The maximum Gasteiger partial charge on any atom is 0.231 e. The van der Waals surface area contributed by atoms with E-state index >= 15 is 0 Å². The predicted octanol–water partition coefficient (Wildman–Crippen LogP) is 2.59. The number of rotatable bonds is 5. The predicted molar refractivity (Wildman–Crippen MR) is 98.9 cm³/mol. The fourth-order valence-electron chi connectivity index (χ4n) is 3.39. The zero-order valence-corrected chi connectivity index (χ0v) is 15.0. The lowest BCUT2D eigenvalue weighted by Crippen LogP contribution is -2.36. The largest absolute Gasteiger partial charge is 0.507 e. The second-order valence-corrected chi connectivity index (χ2v) is 6.77. The van der Waals surface area contributed by atoms with Gasteiger partial charge in [0, 0.05) is 43.5 Å². The van der Waals surface area contributed by atoms with Gasteiger partial charge in [0.1, 0.15) is 5.75 Å². The maximum atomic E-state index is 10.2. The highest BCUT2D eigenvalue weighted by Crippen LogP contribution is 2.38. The van der Waals surface area contributed by atoms with Crippen LogP contribution in [-0.2, 0) is 17.8 Å². The third-order valence-electron chi connectivity index (χ3n) is 4.78. The number of morpholine rings is 1. The van der Waals surface area contributed by atoms with Crippen LogP contribution in [0.25, 0.3) is 0 Å². The van der Waals surface area contributed by atoms with Crippen molar-refractivity contribution >= 4 is 5.69 Å². The first-order valence-electron chi connectivity index (χ1n) is 8.91. The van der Waals surface area contributed by atoms with Crippen molar-refractivity contribution in [3.05, 3.63) is 47.5 Å². The van der Waals surface area contributed by atoms with Crippen LogP contribution in [0.1, 0.15) is 11.1 Å². The summed E-state index contributed by atoms with van der Waals surface area (Å²) >= 11 is 0. The molecule has 0 spiro atoms. The van der Waals surface area contributed by atoms with Crippen molar-refractivity contribution in [1.29, 1.82) is 0 Å². The van der Waals surface area contributed by atoms with Crippen molar-refractivity contribution in [3.8, 4) is 17.2 Å². The van der Waals surface area contributed by atoms with E-state index in [2.05, 4.69) is 34.1 Å². The van der Waals surface area contributed by atoms with Crippen molar-refractivity contribution in [3.63, 3.8) is 0 Å². The van der Waals surface area contributed by atoms with Gasteiger partial charge in [-0.1, -0.05) is 12.1 Å². The minimum atomic E-state index is 0.212. The first-order valence-corrected chi connectivity index (χ1v) is 8.91. The molecule has 4 rings (SSSR count). The van der Waals surface area contributed by atoms with Gasteiger partial charge in [0.05, 0.1) is 13.2 Å². The van der Waals surface area contributed by atoms with Crippen molar-refractivity contribution in [2.24, 2.45) is 0 Å². The summed E-state index contributed by atoms with van der Waals surface area (Å²) in [7, 11) is 2.04. The maximum absolute atomic E-state index is 10.2. The Bertz CT molecular complexity index is 757. The average Bonchev–Trinajstić information content (AvgIpc) is 3.10. The zero-order chi connectivity index (χ0) is 17.9. The molecule has 2 aromatic carbocycles. The Kier molecular flexibility index (Phi) is 4.86.